The number of hydrogen-bond donors (Lipinski definition) is 3. The quantitative estimate of drug-likeness (QED) is 0.495. The van der Waals surface area contributed by atoms with Crippen molar-refractivity contribution < 1.29 is 23.1 Å². The molecule has 2 aromatic heterocycles. The van der Waals surface area contributed by atoms with Crippen LogP contribution in [0.4, 0.5) is 19.0 Å². The molecule has 0 radical (unpaired) electrons. The number of rotatable bonds is 8. The molecular formula is C22H18F3N5O2. The maximum atomic E-state index is 14.3. The Hall–Kier alpha value is -4.13. The van der Waals surface area contributed by atoms with Crippen molar-refractivity contribution in [1.82, 2.24) is 15.3 Å². The van der Waals surface area contributed by atoms with E-state index in [4.69, 9.17) is 0 Å². The van der Waals surface area contributed by atoms with Crippen LogP contribution in [0.15, 0.2) is 54.7 Å². The Balaban J connectivity index is 1.71. The van der Waals surface area contributed by atoms with Gasteiger partial charge in [-0.05, 0) is 18.2 Å². The SMILES string of the molecule is N#Cc1cc(NCC(F)(F)c2ccccn2)nc(CC(=O)NCc2ccccc2F)c1O. The molecule has 0 spiro atoms. The number of carbonyl (C=O) groups excluding carboxylic acids is 1. The standard InChI is InChI=1S/C22H18F3N5O2/c23-16-6-2-1-5-14(16)12-28-20(31)10-17-21(32)15(11-26)9-19(30-17)29-13-22(24,25)18-7-3-4-8-27-18/h1-9,32H,10,12-13H2,(H,28,31)(H,29,30). The molecule has 0 atom stereocenters. The summed E-state index contributed by atoms with van der Waals surface area (Å²) < 4.78 is 42.4. The summed E-state index contributed by atoms with van der Waals surface area (Å²) in [5.74, 6) is -5.07. The van der Waals surface area contributed by atoms with Crippen molar-refractivity contribution >= 4 is 11.7 Å². The Morgan fingerprint density at radius 3 is 2.62 bits per heavy atom. The molecule has 0 unspecified atom stereocenters. The zero-order valence-electron chi connectivity index (χ0n) is 16.6. The molecule has 0 aliphatic carbocycles. The fourth-order valence-corrected chi connectivity index (χ4v) is 2.81. The number of aromatic nitrogens is 2. The molecule has 0 bridgehead atoms. The van der Waals surface area contributed by atoms with Gasteiger partial charge < -0.3 is 15.7 Å². The summed E-state index contributed by atoms with van der Waals surface area (Å²) >= 11 is 0. The average molecular weight is 441 g/mol. The highest BCUT2D eigenvalue weighted by atomic mass is 19.3. The van der Waals surface area contributed by atoms with E-state index >= 15 is 0 Å². The lowest BCUT2D eigenvalue weighted by atomic mass is 10.1. The molecule has 0 saturated carbocycles. The van der Waals surface area contributed by atoms with Crippen LogP contribution in [-0.2, 0) is 23.7 Å². The number of amides is 1. The van der Waals surface area contributed by atoms with Crippen LogP contribution in [0.3, 0.4) is 0 Å². The fourth-order valence-electron chi connectivity index (χ4n) is 2.81. The number of nitriles is 1. The van der Waals surface area contributed by atoms with Gasteiger partial charge in [-0.25, -0.2) is 9.37 Å². The first-order chi connectivity index (χ1) is 15.3. The first-order valence-electron chi connectivity index (χ1n) is 9.46. The lowest BCUT2D eigenvalue weighted by molar-refractivity contribution is -0.120. The van der Waals surface area contributed by atoms with Crippen LogP contribution in [-0.4, -0.2) is 27.5 Å². The van der Waals surface area contributed by atoms with E-state index in [0.29, 0.717) is 0 Å². The van der Waals surface area contributed by atoms with Crippen molar-refractivity contribution in [3.63, 3.8) is 0 Å². The Morgan fingerprint density at radius 1 is 1.19 bits per heavy atom. The minimum Gasteiger partial charge on any atom is -0.505 e. The van der Waals surface area contributed by atoms with Crippen LogP contribution >= 0.6 is 0 Å². The number of alkyl halides is 2. The predicted molar refractivity (Wildman–Crippen MR) is 109 cm³/mol. The largest absolute Gasteiger partial charge is 0.505 e. The van der Waals surface area contributed by atoms with E-state index in [1.165, 1.54) is 42.6 Å². The zero-order chi connectivity index (χ0) is 23.1. The van der Waals surface area contributed by atoms with Crippen molar-refractivity contribution in [1.29, 1.82) is 5.26 Å². The zero-order valence-corrected chi connectivity index (χ0v) is 16.6. The molecule has 0 aliphatic rings. The fraction of sp³-hybridized carbons (Fsp3) is 0.182. The Bertz CT molecular complexity index is 1150. The van der Waals surface area contributed by atoms with Crippen molar-refractivity contribution in [3.8, 4) is 11.8 Å². The number of nitrogens with one attached hydrogen (secondary N) is 2. The van der Waals surface area contributed by atoms with E-state index in [9.17, 15) is 28.3 Å². The summed E-state index contributed by atoms with van der Waals surface area (Å²) in [5, 5.41) is 24.3. The van der Waals surface area contributed by atoms with Crippen LogP contribution < -0.4 is 10.6 Å². The van der Waals surface area contributed by atoms with Crippen LogP contribution in [0, 0.1) is 17.1 Å². The molecule has 0 fully saturated rings. The highest BCUT2D eigenvalue weighted by molar-refractivity contribution is 5.79. The molecule has 32 heavy (non-hydrogen) atoms. The highest BCUT2D eigenvalue weighted by Crippen LogP contribution is 2.28. The number of anilines is 1. The van der Waals surface area contributed by atoms with E-state index in [2.05, 4.69) is 20.6 Å². The summed E-state index contributed by atoms with van der Waals surface area (Å²) in [7, 11) is 0. The van der Waals surface area contributed by atoms with Crippen molar-refractivity contribution in [3.05, 3.63) is 83.1 Å². The van der Waals surface area contributed by atoms with E-state index in [1.807, 2.05) is 0 Å². The molecule has 0 saturated heterocycles. The molecule has 10 heteroatoms. The van der Waals surface area contributed by atoms with Crippen LogP contribution in [0.1, 0.15) is 22.5 Å². The topological polar surface area (TPSA) is 111 Å². The number of aromatic hydroxyl groups is 1. The number of benzene rings is 1. The minimum atomic E-state index is -3.33. The van der Waals surface area contributed by atoms with Crippen molar-refractivity contribution in [2.24, 2.45) is 0 Å². The maximum absolute atomic E-state index is 14.3. The Morgan fingerprint density at radius 2 is 1.94 bits per heavy atom. The van der Waals surface area contributed by atoms with Gasteiger partial charge in [-0.1, -0.05) is 24.3 Å². The number of pyridine rings is 2. The molecule has 3 aromatic rings. The summed E-state index contributed by atoms with van der Waals surface area (Å²) in [6.07, 6.45) is 0.801. The molecule has 3 N–H and O–H groups in total. The third-order valence-corrected chi connectivity index (χ3v) is 4.48. The van der Waals surface area contributed by atoms with Crippen LogP contribution in [0.5, 0.6) is 5.75 Å². The van der Waals surface area contributed by atoms with E-state index in [1.54, 1.807) is 12.1 Å². The Kier molecular flexibility index (Phi) is 6.90. The average Bonchev–Trinajstić information content (AvgIpc) is 2.79. The van der Waals surface area contributed by atoms with Gasteiger partial charge in [0, 0.05) is 24.4 Å². The van der Waals surface area contributed by atoms with Gasteiger partial charge in [0.05, 0.1) is 24.2 Å². The second-order valence-electron chi connectivity index (χ2n) is 6.78. The van der Waals surface area contributed by atoms with Gasteiger partial charge in [0.1, 0.15) is 23.4 Å². The monoisotopic (exact) mass is 441 g/mol. The summed E-state index contributed by atoms with van der Waals surface area (Å²) in [6, 6.07) is 12.8. The lowest BCUT2D eigenvalue weighted by Gasteiger charge is -2.17. The van der Waals surface area contributed by atoms with Gasteiger partial charge in [0.25, 0.3) is 0 Å². The predicted octanol–water partition coefficient (Wildman–Crippen LogP) is 3.26. The second kappa shape index (κ2) is 9.78. The van der Waals surface area contributed by atoms with E-state index < -0.39 is 42.1 Å². The second-order valence-corrected chi connectivity index (χ2v) is 6.78. The number of halogens is 3. The molecule has 164 valence electrons. The summed E-state index contributed by atoms with van der Waals surface area (Å²) in [6.45, 7) is -0.961. The molecule has 3 rings (SSSR count). The van der Waals surface area contributed by atoms with Crippen LogP contribution in [0.25, 0.3) is 0 Å². The number of carbonyl (C=O) groups is 1. The normalized spacial score (nSPS) is 10.9. The summed E-state index contributed by atoms with van der Waals surface area (Å²) in [4.78, 5) is 19.9. The van der Waals surface area contributed by atoms with Crippen LogP contribution in [0.2, 0.25) is 0 Å². The number of hydrogen-bond acceptors (Lipinski definition) is 6. The van der Waals surface area contributed by atoms with Gasteiger partial charge in [0.15, 0.2) is 5.75 Å². The summed E-state index contributed by atoms with van der Waals surface area (Å²) in [5.41, 5.74) is -0.596. The highest BCUT2D eigenvalue weighted by Gasteiger charge is 2.33. The van der Waals surface area contributed by atoms with Crippen molar-refractivity contribution in [2.45, 2.75) is 18.9 Å². The first kappa shape index (κ1) is 22.6. The van der Waals surface area contributed by atoms with Gasteiger partial charge in [-0.15, -0.1) is 0 Å². The molecule has 1 amide bonds. The molecular weight excluding hydrogens is 423 g/mol. The first-order valence-corrected chi connectivity index (χ1v) is 9.46. The maximum Gasteiger partial charge on any atom is 0.306 e. The lowest BCUT2D eigenvalue weighted by Crippen LogP contribution is -2.27. The number of nitrogens with zero attached hydrogens (tertiary/aromatic N) is 3. The third kappa shape index (κ3) is 5.51. The van der Waals surface area contributed by atoms with E-state index in [0.717, 1.165) is 6.07 Å². The van der Waals surface area contributed by atoms with Crippen molar-refractivity contribution in [2.75, 3.05) is 11.9 Å². The molecule has 0 aliphatic heterocycles. The Labute approximate surface area is 181 Å². The smallest absolute Gasteiger partial charge is 0.306 e. The van der Waals surface area contributed by atoms with Gasteiger partial charge in [-0.3, -0.25) is 9.78 Å². The van der Waals surface area contributed by atoms with Gasteiger partial charge >= 0.3 is 5.92 Å². The molecule has 7 nitrogen and oxygen atoms in total. The molecule has 1 aromatic carbocycles. The minimum absolute atomic E-state index is 0.0917. The third-order valence-electron chi connectivity index (χ3n) is 4.48. The van der Waals surface area contributed by atoms with E-state index in [-0.39, 0.29) is 29.2 Å². The molecule has 2 heterocycles. The van der Waals surface area contributed by atoms with Gasteiger partial charge in [-0.2, -0.15) is 14.0 Å². The van der Waals surface area contributed by atoms with Gasteiger partial charge in [0.2, 0.25) is 5.91 Å².